The summed E-state index contributed by atoms with van der Waals surface area (Å²) in [5, 5.41) is 0. The number of rotatable bonds is 1. The molecule has 2 aromatic heterocycles. The third-order valence-corrected chi connectivity index (χ3v) is 2.42. The van der Waals surface area contributed by atoms with Crippen molar-refractivity contribution in [2.24, 2.45) is 0 Å². The Morgan fingerprint density at radius 2 is 2.00 bits per heavy atom. The van der Waals surface area contributed by atoms with Crippen molar-refractivity contribution in [1.82, 2.24) is 15.0 Å². The molecule has 2 aromatic rings. The predicted octanol–water partition coefficient (Wildman–Crippen LogP) is 1.74. The van der Waals surface area contributed by atoms with Crippen LogP contribution in [0.2, 0.25) is 0 Å². The van der Waals surface area contributed by atoms with Crippen LogP contribution in [0.1, 0.15) is 11.1 Å². The Kier molecular flexibility index (Phi) is 2.33. The molecule has 76 valence electrons. The van der Waals surface area contributed by atoms with E-state index in [0.717, 1.165) is 22.4 Å². The Hall–Kier alpha value is -1.97. The normalized spacial score (nSPS) is 10.3. The topological polar surface area (TPSA) is 64.7 Å². The summed E-state index contributed by atoms with van der Waals surface area (Å²) in [6.45, 7) is 3.94. The molecular weight excluding hydrogens is 188 g/mol. The SMILES string of the molecule is Cc1ccncc1-c1ncnc(N)c1C. The van der Waals surface area contributed by atoms with Gasteiger partial charge >= 0.3 is 0 Å². The third-order valence-electron chi connectivity index (χ3n) is 2.42. The van der Waals surface area contributed by atoms with Gasteiger partial charge in [-0.25, -0.2) is 9.97 Å². The Morgan fingerprint density at radius 3 is 2.73 bits per heavy atom. The van der Waals surface area contributed by atoms with Gasteiger partial charge in [0.15, 0.2) is 0 Å². The van der Waals surface area contributed by atoms with Crippen molar-refractivity contribution < 1.29 is 0 Å². The van der Waals surface area contributed by atoms with E-state index in [1.165, 1.54) is 6.33 Å². The van der Waals surface area contributed by atoms with Crippen molar-refractivity contribution >= 4 is 5.82 Å². The largest absolute Gasteiger partial charge is 0.383 e. The van der Waals surface area contributed by atoms with Crippen molar-refractivity contribution in [1.29, 1.82) is 0 Å². The zero-order valence-electron chi connectivity index (χ0n) is 8.73. The molecule has 4 nitrogen and oxygen atoms in total. The molecule has 0 radical (unpaired) electrons. The summed E-state index contributed by atoms with van der Waals surface area (Å²) >= 11 is 0. The van der Waals surface area contributed by atoms with E-state index in [0.29, 0.717) is 5.82 Å². The van der Waals surface area contributed by atoms with Crippen LogP contribution < -0.4 is 5.73 Å². The van der Waals surface area contributed by atoms with Crippen molar-refractivity contribution in [2.75, 3.05) is 5.73 Å². The van der Waals surface area contributed by atoms with Gasteiger partial charge in [-0.3, -0.25) is 4.98 Å². The Labute approximate surface area is 88.2 Å². The van der Waals surface area contributed by atoms with Crippen LogP contribution in [-0.4, -0.2) is 15.0 Å². The maximum absolute atomic E-state index is 5.74. The highest BCUT2D eigenvalue weighted by Gasteiger charge is 2.08. The average Bonchev–Trinajstić information content (AvgIpc) is 2.23. The monoisotopic (exact) mass is 200 g/mol. The van der Waals surface area contributed by atoms with Crippen molar-refractivity contribution in [2.45, 2.75) is 13.8 Å². The third kappa shape index (κ3) is 1.66. The highest BCUT2D eigenvalue weighted by atomic mass is 14.9. The Balaban J connectivity index is 2.65. The molecule has 0 bridgehead atoms. The van der Waals surface area contributed by atoms with Crippen molar-refractivity contribution in [3.63, 3.8) is 0 Å². The number of nitrogens with two attached hydrogens (primary N) is 1. The first-order valence-corrected chi connectivity index (χ1v) is 4.68. The molecule has 0 aromatic carbocycles. The Bertz CT molecular complexity index is 494. The fourth-order valence-corrected chi connectivity index (χ4v) is 1.45. The molecule has 0 amide bonds. The Morgan fingerprint density at radius 1 is 1.20 bits per heavy atom. The van der Waals surface area contributed by atoms with Crippen LogP contribution in [0.4, 0.5) is 5.82 Å². The number of pyridine rings is 1. The van der Waals surface area contributed by atoms with Crippen molar-refractivity contribution in [3.05, 3.63) is 35.9 Å². The first-order valence-electron chi connectivity index (χ1n) is 4.68. The van der Waals surface area contributed by atoms with Crippen LogP contribution in [0.3, 0.4) is 0 Å². The van der Waals surface area contributed by atoms with Gasteiger partial charge in [0.05, 0.1) is 5.69 Å². The van der Waals surface area contributed by atoms with Gasteiger partial charge in [-0.1, -0.05) is 0 Å². The number of hydrogen-bond acceptors (Lipinski definition) is 4. The van der Waals surface area contributed by atoms with Gasteiger partial charge in [0.2, 0.25) is 0 Å². The molecule has 0 unspecified atom stereocenters. The zero-order chi connectivity index (χ0) is 10.8. The van der Waals surface area contributed by atoms with Crippen LogP contribution in [0, 0.1) is 13.8 Å². The number of anilines is 1. The van der Waals surface area contributed by atoms with Gasteiger partial charge in [0.25, 0.3) is 0 Å². The number of aromatic nitrogens is 3. The molecule has 2 rings (SSSR count). The maximum Gasteiger partial charge on any atom is 0.130 e. The van der Waals surface area contributed by atoms with E-state index in [2.05, 4.69) is 15.0 Å². The lowest BCUT2D eigenvalue weighted by Gasteiger charge is -2.08. The van der Waals surface area contributed by atoms with Crippen LogP contribution >= 0.6 is 0 Å². The quantitative estimate of drug-likeness (QED) is 0.761. The lowest BCUT2D eigenvalue weighted by atomic mass is 10.1. The molecular formula is C11H12N4. The van der Waals surface area contributed by atoms with E-state index in [9.17, 15) is 0 Å². The molecule has 0 aliphatic rings. The molecule has 2 N–H and O–H groups in total. The van der Waals surface area contributed by atoms with E-state index >= 15 is 0 Å². The van der Waals surface area contributed by atoms with E-state index in [4.69, 9.17) is 5.73 Å². The first kappa shape index (κ1) is 9.58. The molecule has 0 aliphatic heterocycles. The van der Waals surface area contributed by atoms with E-state index in [1.54, 1.807) is 12.4 Å². The second kappa shape index (κ2) is 3.65. The molecule has 0 saturated heterocycles. The van der Waals surface area contributed by atoms with Gasteiger partial charge in [-0.15, -0.1) is 0 Å². The summed E-state index contributed by atoms with van der Waals surface area (Å²) in [6.07, 6.45) is 5.03. The second-order valence-corrected chi connectivity index (χ2v) is 3.42. The molecule has 0 atom stereocenters. The predicted molar refractivity (Wildman–Crippen MR) is 59.1 cm³/mol. The zero-order valence-corrected chi connectivity index (χ0v) is 8.73. The van der Waals surface area contributed by atoms with Gasteiger partial charge in [0, 0.05) is 23.5 Å². The molecule has 15 heavy (non-hydrogen) atoms. The van der Waals surface area contributed by atoms with Crippen LogP contribution in [0.15, 0.2) is 24.8 Å². The van der Waals surface area contributed by atoms with E-state index in [1.807, 2.05) is 19.9 Å². The summed E-state index contributed by atoms with van der Waals surface area (Å²) in [7, 11) is 0. The smallest absolute Gasteiger partial charge is 0.130 e. The second-order valence-electron chi connectivity index (χ2n) is 3.42. The molecule has 4 heteroatoms. The summed E-state index contributed by atoms with van der Waals surface area (Å²) in [5.41, 5.74) is 9.62. The maximum atomic E-state index is 5.74. The number of aryl methyl sites for hydroxylation is 1. The molecule has 2 heterocycles. The summed E-state index contributed by atoms with van der Waals surface area (Å²) in [5.74, 6) is 0.517. The molecule has 0 fully saturated rings. The van der Waals surface area contributed by atoms with E-state index in [-0.39, 0.29) is 0 Å². The first-order chi connectivity index (χ1) is 7.20. The highest BCUT2D eigenvalue weighted by Crippen LogP contribution is 2.24. The van der Waals surface area contributed by atoms with Crippen LogP contribution in [0.5, 0.6) is 0 Å². The number of hydrogen-bond donors (Lipinski definition) is 1. The van der Waals surface area contributed by atoms with Gasteiger partial charge in [-0.2, -0.15) is 0 Å². The molecule has 0 saturated carbocycles. The van der Waals surface area contributed by atoms with Gasteiger partial charge < -0.3 is 5.73 Å². The fourth-order valence-electron chi connectivity index (χ4n) is 1.45. The molecule has 0 spiro atoms. The lowest BCUT2D eigenvalue weighted by Crippen LogP contribution is -1.99. The number of nitrogen functional groups attached to an aromatic ring is 1. The van der Waals surface area contributed by atoms with Crippen LogP contribution in [0.25, 0.3) is 11.3 Å². The molecule has 0 aliphatic carbocycles. The average molecular weight is 200 g/mol. The minimum Gasteiger partial charge on any atom is -0.383 e. The summed E-state index contributed by atoms with van der Waals surface area (Å²) < 4.78 is 0. The van der Waals surface area contributed by atoms with Crippen molar-refractivity contribution in [3.8, 4) is 11.3 Å². The summed E-state index contributed by atoms with van der Waals surface area (Å²) in [4.78, 5) is 12.3. The minimum absolute atomic E-state index is 0.517. The fraction of sp³-hybridized carbons (Fsp3) is 0.182. The van der Waals surface area contributed by atoms with Crippen LogP contribution in [-0.2, 0) is 0 Å². The number of nitrogens with zero attached hydrogens (tertiary/aromatic N) is 3. The summed E-state index contributed by atoms with van der Waals surface area (Å²) in [6, 6.07) is 1.95. The minimum atomic E-state index is 0.517. The lowest BCUT2D eigenvalue weighted by molar-refractivity contribution is 1.13. The standard InChI is InChI=1S/C11H12N4/c1-7-3-4-13-5-9(7)10-8(2)11(12)15-6-14-10/h3-6H,1-2H3,(H2,12,14,15). The van der Waals surface area contributed by atoms with Gasteiger partial charge in [-0.05, 0) is 25.5 Å². The van der Waals surface area contributed by atoms with E-state index < -0.39 is 0 Å². The highest BCUT2D eigenvalue weighted by molar-refractivity contribution is 5.68. The van der Waals surface area contributed by atoms with Gasteiger partial charge in [0.1, 0.15) is 12.1 Å².